The molecule has 0 aliphatic heterocycles. The van der Waals surface area contributed by atoms with Gasteiger partial charge in [-0.05, 0) is 12.1 Å². The summed E-state index contributed by atoms with van der Waals surface area (Å²) in [5.74, 6) is -0.594. The van der Waals surface area contributed by atoms with Crippen LogP contribution in [0.3, 0.4) is 0 Å². The van der Waals surface area contributed by atoms with Crippen LogP contribution in [0.25, 0.3) is 21.8 Å². The van der Waals surface area contributed by atoms with Gasteiger partial charge in [0.1, 0.15) is 0 Å². The number of amides is 1. The lowest BCUT2D eigenvalue weighted by molar-refractivity contribution is -0.116. The van der Waals surface area contributed by atoms with Gasteiger partial charge in [0.25, 0.3) is 0 Å². The zero-order valence-corrected chi connectivity index (χ0v) is 11.9. The number of Topliss-reactive ketones (excluding diaryl/α,β-unsaturated/α-hetero) is 1. The molecule has 0 bridgehead atoms. The summed E-state index contributed by atoms with van der Waals surface area (Å²) in [6.45, 7) is 1.11. The lowest BCUT2D eigenvalue weighted by atomic mass is 10.1. The van der Waals surface area contributed by atoms with Crippen LogP contribution >= 0.6 is 0 Å². The maximum absolute atomic E-state index is 12.0. The number of nitrogens with two attached hydrogens (primary N) is 1. The van der Waals surface area contributed by atoms with Crippen LogP contribution in [0, 0.1) is 0 Å². The molecule has 2 aromatic heterocycles. The topological polar surface area (TPSA) is 121 Å². The minimum Gasteiger partial charge on any atom is -0.397 e. The van der Waals surface area contributed by atoms with E-state index in [2.05, 4.69) is 15.0 Å². The van der Waals surface area contributed by atoms with Crippen LogP contribution in [-0.2, 0) is 4.79 Å². The summed E-state index contributed by atoms with van der Waals surface area (Å²) in [6, 6.07) is 3.22. The van der Waals surface area contributed by atoms with Gasteiger partial charge < -0.3 is 15.8 Å². The number of pyridine rings is 1. The van der Waals surface area contributed by atoms with Gasteiger partial charge in [-0.2, -0.15) is 0 Å². The van der Waals surface area contributed by atoms with E-state index in [1.54, 1.807) is 18.3 Å². The standard InChI is InChI=1S/C15H14N4O3/c1-7(21)18-11-5-9(16)14-13-8(6-17-14)4-10(19-15(11)13)12(22)2-3-20/h4-6,19-20H,2-3,16H2,1H3. The number of aliphatic hydroxyl groups is 1. The highest BCUT2D eigenvalue weighted by Gasteiger charge is 2.15. The molecule has 0 aliphatic carbocycles. The molecule has 0 spiro atoms. The molecule has 0 saturated heterocycles. The van der Waals surface area contributed by atoms with Gasteiger partial charge >= 0.3 is 0 Å². The van der Waals surface area contributed by atoms with Crippen LogP contribution in [0.1, 0.15) is 23.8 Å². The first-order valence-electron chi connectivity index (χ1n) is 6.74. The van der Waals surface area contributed by atoms with E-state index in [-0.39, 0.29) is 24.7 Å². The molecule has 7 nitrogen and oxygen atoms in total. The third-order valence-corrected chi connectivity index (χ3v) is 3.41. The summed E-state index contributed by atoms with van der Waals surface area (Å²) in [7, 11) is 0. The first kappa shape index (κ1) is 14.2. The molecular weight excluding hydrogens is 284 g/mol. The second-order valence-electron chi connectivity index (χ2n) is 5.01. The number of anilines is 1. The zero-order valence-electron chi connectivity index (χ0n) is 11.9. The molecule has 7 heteroatoms. The molecule has 2 heterocycles. The summed E-state index contributed by atoms with van der Waals surface area (Å²) in [5, 5.41) is 10.8. The largest absolute Gasteiger partial charge is 0.397 e. The molecule has 0 aliphatic rings. The predicted octanol–water partition coefficient (Wildman–Crippen LogP) is 0.748. The smallest absolute Gasteiger partial charge is 0.243 e. The SMILES string of the molecule is CC(=O)N=c1cc(N)c2ncc3cc(C(=O)CCO)[nH]c1c32. The number of ketones is 1. The van der Waals surface area contributed by atoms with Gasteiger partial charge in [-0.15, -0.1) is 0 Å². The second-order valence-corrected chi connectivity index (χ2v) is 5.01. The average molecular weight is 298 g/mol. The number of aromatic amines is 1. The van der Waals surface area contributed by atoms with Gasteiger partial charge in [0.05, 0.1) is 34.4 Å². The summed E-state index contributed by atoms with van der Waals surface area (Å²) in [5.41, 5.74) is 7.85. The number of rotatable bonds is 3. The fourth-order valence-electron chi connectivity index (χ4n) is 2.50. The highest BCUT2D eigenvalue weighted by molar-refractivity contribution is 6.13. The minimum absolute atomic E-state index is 0.0135. The van der Waals surface area contributed by atoms with Gasteiger partial charge in [-0.3, -0.25) is 14.6 Å². The highest BCUT2D eigenvalue weighted by Crippen LogP contribution is 2.27. The van der Waals surface area contributed by atoms with E-state index in [9.17, 15) is 9.59 Å². The summed E-state index contributed by atoms with van der Waals surface area (Å²) < 4.78 is 0. The van der Waals surface area contributed by atoms with Crippen molar-refractivity contribution in [1.82, 2.24) is 9.97 Å². The van der Waals surface area contributed by atoms with E-state index in [1.165, 1.54) is 6.92 Å². The summed E-state index contributed by atoms with van der Waals surface area (Å²) in [6.07, 6.45) is 1.63. The number of carbonyl (C=O) groups is 2. The third kappa shape index (κ3) is 2.21. The molecule has 4 N–H and O–H groups in total. The average Bonchev–Trinajstić information content (AvgIpc) is 2.88. The quantitative estimate of drug-likeness (QED) is 0.486. The number of aromatic nitrogens is 2. The van der Waals surface area contributed by atoms with Crippen LogP contribution in [0.2, 0.25) is 0 Å². The molecule has 1 amide bonds. The van der Waals surface area contributed by atoms with Crippen LogP contribution in [-0.4, -0.2) is 33.4 Å². The predicted molar refractivity (Wildman–Crippen MR) is 81.5 cm³/mol. The normalized spacial score (nSPS) is 12.4. The number of nitrogen functional groups attached to an aromatic ring is 1. The van der Waals surface area contributed by atoms with Crippen molar-refractivity contribution in [2.24, 2.45) is 4.99 Å². The second kappa shape index (κ2) is 5.19. The van der Waals surface area contributed by atoms with Crippen LogP contribution < -0.4 is 11.1 Å². The highest BCUT2D eigenvalue weighted by atomic mass is 16.3. The molecular formula is C15H14N4O3. The fraction of sp³-hybridized carbons (Fsp3) is 0.200. The van der Waals surface area contributed by atoms with Crippen molar-refractivity contribution in [2.75, 3.05) is 12.3 Å². The Labute approximate surface area is 124 Å². The van der Waals surface area contributed by atoms with E-state index in [0.717, 1.165) is 10.8 Å². The fourth-order valence-corrected chi connectivity index (χ4v) is 2.50. The Bertz CT molecular complexity index is 958. The molecule has 3 aromatic rings. The number of hydrogen-bond donors (Lipinski definition) is 3. The lowest BCUT2D eigenvalue weighted by Gasteiger charge is -2.06. The van der Waals surface area contributed by atoms with Gasteiger partial charge in [0.2, 0.25) is 5.91 Å². The van der Waals surface area contributed by atoms with Crippen molar-refractivity contribution < 1.29 is 14.7 Å². The van der Waals surface area contributed by atoms with Crippen molar-refractivity contribution in [3.8, 4) is 0 Å². The zero-order chi connectivity index (χ0) is 15.9. The van der Waals surface area contributed by atoms with E-state index >= 15 is 0 Å². The molecule has 0 atom stereocenters. The molecule has 3 rings (SSSR count). The Kier molecular flexibility index (Phi) is 3.34. The van der Waals surface area contributed by atoms with E-state index < -0.39 is 0 Å². The third-order valence-electron chi connectivity index (χ3n) is 3.41. The van der Waals surface area contributed by atoms with E-state index in [4.69, 9.17) is 10.8 Å². The van der Waals surface area contributed by atoms with Crippen molar-refractivity contribution in [1.29, 1.82) is 0 Å². The van der Waals surface area contributed by atoms with Gasteiger partial charge in [-0.1, -0.05) is 0 Å². The van der Waals surface area contributed by atoms with Crippen LogP contribution in [0.15, 0.2) is 23.3 Å². The Hall–Kier alpha value is -2.80. The number of H-pyrrole nitrogens is 1. The summed E-state index contributed by atoms with van der Waals surface area (Å²) >= 11 is 0. The molecule has 112 valence electrons. The lowest BCUT2D eigenvalue weighted by Crippen LogP contribution is -2.12. The number of benzene rings is 1. The number of carbonyl (C=O) groups excluding carboxylic acids is 2. The Balaban J connectivity index is 2.41. The number of aliphatic hydroxyl groups excluding tert-OH is 1. The van der Waals surface area contributed by atoms with Crippen molar-refractivity contribution in [3.05, 3.63) is 29.4 Å². The van der Waals surface area contributed by atoms with Crippen molar-refractivity contribution in [2.45, 2.75) is 13.3 Å². The van der Waals surface area contributed by atoms with E-state index in [0.29, 0.717) is 27.8 Å². The number of nitrogens with one attached hydrogen (secondary N) is 1. The molecule has 0 unspecified atom stereocenters. The van der Waals surface area contributed by atoms with Crippen LogP contribution in [0.4, 0.5) is 5.69 Å². The summed E-state index contributed by atoms with van der Waals surface area (Å²) in [4.78, 5) is 34.5. The Morgan fingerprint density at radius 2 is 2.18 bits per heavy atom. The molecule has 0 radical (unpaired) electrons. The number of nitrogens with zero attached hydrogens (tertiary/aromatic N) is 2. The molecule has 0 fully saturated rings. The Morgan fingerprint density at radius 1 is 1.41 bits per heavy atom. The molecule has 0 saturated carbocycles. The first-order chi connectivity index (χ1) is 10.5. The molecule has 22 heavy (non-hydrogen) atoms. The first-order valence-corrected chi connectivity index (χ1v) is 6.74. The monoisotopic (exact) mass is 298 g/mol. The van der Waals surface area contributed by atoms with Crippen LogP contribution in [0.5, 0.6) is 0 Å². The number of hydrogen-bond acceptors (Lipinski definition) is 5. The maximum Gasteiger partial charge on any atom is 0.243 e. The van der Waals surface area contributed by atoms with Gasteiger partial charge in [-0.25, -0.2) is 4.99 Å². The van der Waals surface area contributed by atoms with Crippen molar-refractivity contribution >= 4 is 39.2 Å². The maximum atomic E-state index is 12.0. The van der Waals surface area contributed by atoms with E-state index in [1.807, 2.05) is 0 Å². The van der Waals surface area contributed by atoms with Gasteiger partial charge in [0, 0.05) is 30.3 Å². The Morgan fingerprint density at radius 3 is 2.86 bits per heavy atom. The van der Waals surface area contributed by atoms with Gasteiger partial charge in [0.15, 0.2) is 5.78 Å². The minimum atomic E-state index is -0.365. The van der Waals surface area contributed by atoms with Crippen molar-refractivity contribution in [3.63, 3.8) is 0 Å². The molecule has 1 aromatic carbocycles.